The van der Waals surface area contributed by atoms with Crippen LogP contribution in [0.5, 0.6) is 0 Å². The SMILES string of the molecule is CCCCC1(CC)CCN(c2nc(-c3ccc(C#N)c(F)c3)n(-c3ccc4nn(C)cc4c3)c(=O)c2F)CC1. The normalized spacial score (nSPS) is 15.0. The van der Waals surface area contributed by atoms with Crippen molar-refractivity contribution in [1.29, 1.82) is 5.26 Å². The molecule has 1 fully saturated rings. The summed E-state index contributed by atoms with van der Waals surface area (Å²) in [5.41, 5.74) is 0.629. The Hall–Kier alpha value is -4.06. The zero-order valence-electron chi connectivity index (χ0n) is 22.5. The van der Waals surface area contributed by atoms with Gasteiger partial charge in [-0.05, 0) is 61.1 Å². The highest BCUT2D eigenvalue weighted by Gasteiger charge is 2.34. The second kappa shape index (κ2) is 10.6. The van der Waals surface area contributed by atoms with E-state index in [9.17, 15) is 14.4 Å². The number of halogens is 2. The molecule has 0 spiro atoms. The highest BCUT2D eigenvalue weighted by molar-refractivity contribution is 5.81. The lowest BCUT2D eigenvalue weighted by Crippen LogP contribution is -2.42. The Labute approximate surface area is 226 Å². The van der Waals surface area contributed by atoms with Crippen molar-refractivity contribution in [3.63, 3.8) is 0 Å². The molecule has 39 heavy (non-hydrogen) atoms. The second-order valence-electron chi connectivity index (χ2n) is 10.5. The van der Waals surface area contributed by atoms with Crippen LogP contribution < -0.4 is 10.5 Å². The minimum absolute atomic E-state index is 0.0151. The highest BCUT2D eigenvalue weighted by atomic mass is 19.1. The van der Waals surface area contributed by atoms with Crippen molar-refractivity contribution in [2.24, 2.45) is 12.5 Å². The Bertz CT molecular complexity index is 1630. The fraction of sp³-hybridized carbons (Fsp3) is 0.400. The highest BCUT2D eigenvalue weighted by Crippen LogP contribution is 2.41. The summed E-state index contributed by atoms with van der Waals surface area (Å²) in [6.45, 7) is 5.58. The largest absolute Gasteiger partial charge is 0.354 e. The van der Waals surface area contributed by atoms with Crippen LogP contribution in [0.15, 0.2) is 47.4 Å². The van der Waals surface area contributed by atoms with E-state index in [0.29, 0.717) is 18.8 Å². The molecule has 2 aromatic carbocycles. The molecule has 0 atom stereocenters. The van der Waals surface area contributed by atoms with Crippen molar-refractivity contribution in [1.82, 2.24) is 19.3 Å². The molecule has 5 rings (SSSR count). The molecule has 0 saturated carbocycles. The third-order valence-electron chi connectivity index (χ3n) is 8.15. The molecular formula is C30H32F2N6O. The van der Waals surface area contributed by atoms with E-state index in [1.807, 2.05) is 11.0 Å². The molecule has 0 bridgehead atoms. The number of aromatic nitrogens is 4. The summed E-state index contributed by atoms with van der Waals surface area (Å²) in [6.07, 6.45) is 8.08. The molecule has 0 amide bonds. The Morgan fingerprint density at radius 1 is 1.10 bits per heavy atom. The Balaban J connectivity index is 1.64. The lowest BCUT2D eigenvalue weighted by atomic mass is 9.72. The number of hydrogen-bond acceptors (Lipinski definition) is 5. The van der Waals surface area contributed by atoms with Crippen molar-refractivity contribution >= 4 is 16.7 Å². The smallest absolute Gasteiger partial charge is 0.296 e. The number of piperidine rings is 1. The van der Waals surface area contributed by atoms with Gasteiger partial charge in [-0.2, -0.15) is 14.8 Å². The van der Waals surface area contributed by atoms with Crippen LogP contribution in [0.1, 0.15) is 57.9 Å². The van der Waals surface area contributed by atoms with Crippen molar-refractivity contribution in [2.45, 2.75) is 52.4 Å². The Kier molecular flexibility index (Phi) is 7.21. The maximum atomic E-state index is 15.9. The fourth-order valence-electron chi connectivity index (χ4n) is 5.68. The molecule has 4 aromatic rings. The Morgan fingerprint density at radius 3 is 2.54 bits per heavy atom. The number of unbranched alkanes of at least 4 members (excludes halogenated alkanes) is 1. The van der Waals surface area contributed by atoms with Gasteiger partial charge in [0.1, 0.15) is 17.7 Å². The first-order valence-electron chi connectivity index (χ1n) is 13.5. The molecule has 0 N–H and O–H groups in total. The summed E-state index contributed by atoms with van der Waals surface area (Å²) in [5, 5.41) is 14.3. The number of fused-ring (bicyclic) bond motifs is 1. The quantitative estimate of drug-likeness (QED) is 0.288. The molecule has 0 radical (unpaired) electrons. The predicted octanol–water partition coefficient (Wildman–Crippen LogP) is 6.12. The molecule has 1 aliphatic rings. The topological polar surface area (TPSA) is 79.7 Å². The van der Waals surface area contributed by atoms with Crippen LogP contribution in [-0.4, -0.2) is 32.4 Å². The zero-order valence-corrected chi connectivity index (χ0v) is 22.5. The number of nitriles is 1. The van der Waals surface area contributed by atoms with E-state index in [1.165, 1.54) is 22.8 Å². The summed E-state index contributed by atoms with van der Waals surface area (Å²) >= 11 is 0. The molecule has 2 aromatic heterocycles. The molecule has 9 heteroatoms. The zero-order chi connectivity index (χ0) is 27.7. The molecule has 1 aliphatic heterocycles. The third kappa shape index (κ3) is 4.91. The van der Waals surface area contributed by atoms with Crippen molar-refractivity contribution in [2.75, 3.05) is 18.0 Å². The minimum Gasteiger partial charge on any atom is -0.354 e. The lowest BCUT2D eigenvalue weighted by Gasteiger charge is -2.42. The summed E-state index contributed by atoms with van der Waals surface area (Å²) < 4.78 is 33.4. The van der Waals surface area contributed by atoms with Gasteiger partial charge in [-0.3, -0.25) is 14.0 Å². The fourth-order valence-corrected chi connectivity index (χ4v) is 5.68. The van der Waals surface area contributed by atoms with Crippen molar-refractivity contribution in [3.05, 3.63) is 70.1 Å². The van der Waals surface area contributed by atoms with Crippen LogP contribution >= 0.6 is 0 Å². The van der Waals surface area contributed by atoms with E-state index in [-0.39, 0.29) is 28.2 Å². The number of aryl methyl sites for hydroxylation is 1. The number of hydrogen-bond donors (Lipinski definition) is 0. The third-order valence-corrected chi connectivity index (χ3v) is 8.15. The average Bonchev–Trinajstić information content (AvgIpc) is 3.32. The van der Waals surface area contributed by atoms with Gasteiger partial charge in [-0.25, -0.2) is 9.37 Å². The van der Waals surface area contributed by atoms with Gasteiger partial charge in [0.25, 0.3) is 5.56 Å². The van der Waals surface area contributed by atoms with Gasteiger partial charge in [-0.1, -0.05) is 33.1 Å². The lowest BCUT2D eigenvalue weighted by molar-refractivity contribution is 0.184. The minimum atomic E-state index is -0.934. The monoisotopic (exact) mass is 530 g/mol. The first kappa shape index (κ1) is 26.5. The van der Waals surface area contributed by atoms with E-state index in [1.54, 1.807) is 36.1 Å². The van der Waals surface area contributed by atoms with Crippen LogP contribution in [-0.2, 0) is 7.05 Å². The van der Waals surface area contributed by atoms with E-state index < -0.39 is 17.2 Å². The van der Waals surface area contributed by atoms with E-state index in [2.05, 4.69) is 23.9 Å². The first-order valence-corrected chi connectivity index (χ1v) is 13.5. The van der Waals surface area contributed by atoms with E-state index in [0.717, 1.165) is 49.4 Å². The molecular weight excluding hydrogens is 498 g/mol. The van der Waals surface area contributed by atoms with E-state index >= 15 is 4.39 Å². The van der Waals surface area contributed by atoms with Gasteiger partial charge in [0.2, 0.25) is 5.82 Å². The first-order chi connectivity index (χ1) is 18.8. The Morgan fingerprint density at radius 2 is 1.87 bits per heavy atom. The van der Waals surface area contributed by atoms with Gasteiger partial charge in [-0.15, -0.1) is 0 Å². The second-order valence-corrected chi connectivity index (χ2v) is 10.5. The van der Waals surface area contributed by atoms with Crippen LogP contribution in [0, 0.1) is 28.4 Å². The average molecular weight is 531 g/mol. The maximum Gasteiger partial charge on any atom is 0.296 e. The molecule has 3 heterocycles. The molecule has 7 nitrogen and oxygen atoms in total. The maximum absolute atomic E-state index is 15.9. The van der Waals surface area contributed by atoms with Gasteiger partial charge < -0.3 is 4.90 Å². The number of rotatable bonds is 7. The standard InChI is InChI=1S/C30H32F2N6O/c1-4-6-11-30(5-2)12-14-37(15-13-30)28-26(32)29(39)38(23-9-10-25-22(16-23)19-36(3)35-25)27(34-28)20-7-8-21(18-33)24(31)17-20/h7-10,16-17,19H,4-6,11-15H2,1-3H3. The molecule has 0 unspecified atom stereocenters. The van der Waals surface area contributed by atoms with Gasteiger partial charge in [0.15, 0.2) is 5.82 Å². The van der Waals surface area contributed by atoms with Crippen LogP contribution in [0.2, 0.25) is 0 Å². The van der Waals surface area contributed by atoms with Gasteiger partial charge in [0.05, 0.1) is 16.8 Å². The van der Waals surface area contributed by atoms with Crippen LogP contribution in [0.4, 0.5) is 14.6 Å². The molecule has 0 aliphatic carbocycles. The molecule has 1 saturated heterocycles. The van der Waals surface area contributed by atoms with Gasteiger partial charge in [0, 0.05) is 37.3 Å². The number of benzene rings is 2. The predicted molar refractivity (Wildman–Crippen MR) is 148 cm³/mol. The van der Waals surface area contributed by atoms with Crippen LogP contribution in [0.25, 0.3) is 28.0 Å². The van der Waals surface area contributed by atoms with Crippen LogP contribution in [0.3, 0.4) is 0 Å². The summed E-state index contributed by atoms with van der Waals surface area (Å²) in [4.78, 5) is 20.2. The summed E-state index contributed by atoms with van der Waals surface area (Å²) in [6, 6.07) is 11.0. The number of anilines is 1. The van der Waals surface area contributed by atoms with E-state index in [4.69, 9.17) is 0 Å². The summed E-state index contributed by atoms with van der Waals surface area (Å²) in [7, 11) is 1.79. The van der Waals surface area contributed by atoms with Crippen molar-refractivity contribution < 1.29 is 8.78 Å². The molecule has 202 valence electrons. The van der Waals surface area contributed by atoms with Crippen molar-refractivity contribution in [3.8, 4) is 23.1 Å². The van der Waals surface area contributed by atoms with Gasteiger partial charge >= 0.3 is 0 Å². The summed E-state index contributed by atoms with van der Waals surface area (Å²) in [5.74, 6) is -1.57. The number of nitrogens with zero attached hydrogens (tertiary/aromatic N) is 6.